The van der Waals surface area contributed by atoms with Gasteiger partial charge >= 0.3 is 0 Å². The lowest BCUT2D eigenvalue weighted by Crippen LogP contribution is -2.37. The number of hydrogen-bond acceptors (Lipinski definition) is 5. The van der Waals surface area contributed by atoms with E-state index in [1.165, 1.54) is 0 Å². The van der Waals surface area contributed by atoms with Gasteiger partial charge in [0, 0.05) is 24.1 Å². The third-order valence-electron chi connectivity index (χ3n) is 4.23. The van der Waals surface area contributed by atoms with Crippen molar-refractivity contribution in [1.82, 2.24) is 0 Å². The van der Waals surface area contributed by atoms with Crippen LogP contribution in [-0.4, -0.2) is 51.0 Å². The van der Waals surface area contributed by atoms with Crippen LogP contribution in [0.3, 0.4) is 0 Å². The zero-order chi connectivity index (χ0) is 16.2. The van der Waals surface area contributed by atoms with Crippen molar-refractivity contribution in [2.75, 3.05) is 43.1 Å². The van der Waals surface area contributed by atoms with Crippen LogP contribution < -0.4 is 16.0 Å². The molecule has 1 amide bonds. The van der Waals surface area contributed by atoms with Gasteiger partial charge in [-0.25, -0.2) is 0 Å². The number of rotatable bonds is 4. The van der Waals surface area contributed by atoms with Crippen LogP contribution in [0.5, 0.6) is 0 Å². The summed E-state index contributed by atoms with van der Waals surface area (Å²) in [6.45, 7) is 3.50. The summed E-state index contributed by atoms with van der Waals surface area (Å²) in [5.74, 6) is -0.103. The van der Waals surface area contributed by atoms with Crippen molar-refractivity contribution < 1.29 is 14.3 Å². The van der Waals surface area contributed by atoms with Crippen molar-refractivity contribution in [1.29, 1.82) is 0 Å². The third-order valence-corrected chi connectivity index (χ3v) is 4.72. The first-order chi connectivity index (χ1) is 11.2. The Morgan fingerprint density at radius 2 is 2.00 bits per heavy atom. The summed E-state index contributed by atoms with van der Waals surface area (Å²) >= 11 is 3.47. The van der Waals surface area contributed by atoms with Crippen molar-refractivity contribution in [2.24, 2.45) is 5.73 Å². The summed E-state index contributed by atoms with van der Waals surface area (Å²) in [6, 6.07) is 5.93. The number of ether oxygens (including phenoxy) is 2. The first-order valence-corrected chi connectivity index (χ1v) is 8.75. The van der Waals surface area contributed by atoms with Crippen LogP contribution in [0.15, 0.2) is 22.7 Å². The highest BCUT2D eigenvalue weighted by Gasteiger charge is 2.30. The molecule has 2 atom stereocenters. The summed E-state index contributed by atoms with van der Waals surface area (Å²) in [5.41, 5.74) is 7.42. The van der Waals surface area contributed by atoms with E-state index in [2.05, 4.69) is 26.1 Å². The Morgan fingerprint density at radius 1 is 1.28 bits per heavy atom. The van der Waals surface area contributed by atoms with E-state index < -0.39 is 6.10 Å². The van der Waals surface area contributed by atoms with Crippen molar-refractivity contribution in [3.05, 3.63) is 22.7 Å². The molecule has 2 saturated heterocycles. The number of nitrogens with one attached hydrogen (secondary N) is 1. The predicted molar refractivity (Wildman–Crippen MR) is 107 cm³/mol. The molecule has 3 N–H and O–H groups in total. The summed E-state index contributed by atoms with van der Waals surface area (Å²) in [5, 5.41) is 3.02. The third kappa shape index (κ3) is 5.70. The van der Waals surface area contributed by atoms with Gasteiger partial charge in [-0.15, -0.1) is 24.8 Å². The quantitative estimate of drug-likeness (QED) is 0.728. The molecule has 0 saturated carbocycles. The highest BCUT2D eigenvalue weighted by Crippen LogP contribution is 2.31. The van der Waals surface area contributed by atoms with Gasteiger partial charge in [-0.3, -0.25) is 4.79 Å². The summed E-state index contributed by atoms with van der Waals surface area (Å²) in [4.78, 5) is 14.7. The van der Waals surface area contributed by atoms with E-state index in [1.807, 2.05) is 18.2 Å². The van der Waals surface area contributed by atoms with Gasteiger partial charge in [-0.2, -0.15) is 0 Å². The summed E-state index contributed by atoms with van der Waals surface area (Å²) in [6.07, 6.45) is 1.13. The van der Waals surface area contributed by atoms with E-state index in [4.69, 9.17) is 15.2 Å². The number of anilines is 2. The monoisotopic (exact) mass is 455 g/mol. The second kappa shape index (κ2) is 10.5. The van der Waals surface area contributed by atoms with E-state index in [0.29, 0.717) is 26.2 Å². The topological polar surface area (TPSA) is 76.8 Å². The minimum Gasteiger partial charge on any atom is -0.378 e. The summed E-state index contributed by atoms with van der Waals surface area (Å²) in [7, 11) is 0. The Labute approximate surface area is 168 Å². The fraction of sp³-hybridized carbons (Fsp3) is 0.562. The number of nitrogens with two attached hydrogens (primary N) is 1. The van der Waals surface area contributed by atoms with Gasteiger partial charge < -0.3 is 25.4 Å². The Bertz CT molecular complexity index is 574. The smallest absolute Gasteiger partial charge is 0.253 e. The number of amides is 1. The molecule has 25 heavy (non-hydrogen) atoms. The van der Waals surface area contributed by atoms with E-state index in [0.717, 1.165) is 35.4 Å². The molecule has 2 aliphatic heterocycles. The van der Waals surface area contributed by atoms with Gasteiger partial charge in [0.2, 0.25) is 0 Å². The second-order valence-corrected chi connectivity index (χ2v) is 6.73. The van der Waals surface area contributed by atoms with Gasteiger partial charge in [-0.05, 0) is 31.0 Å². The van der Waals surface area contributed by atoms with Crippen LogP contribution in [-0.2, 0) is 14.3 Å². The molecule has 0 radical (unpaired) electrons. The molecule has 1 aromatic rings. The maximum Gasteiger partial charge on any atom is 0.253 e. The predicted octanol–water partition coefficient (Wildman–Crippen LogP) is 2.57. The number of hydrogen-bond donors (Lipinski definition) is 2. The standard InChI is InChI=1S/C16H22BrN3O3.2ClH/c17-11-1-3-14(20-5-7-22-8-6-20)13(9-11)19-16(21)15-4-2-12(10-18)23-15;;/h1,3,9,12,15H,2,4-8,10,18H2,(H,19,21);2*1H/t12-,15+;;/m1../s1. The number of halogens is 3. The van der Waals surface area contributed by atoms with Crippen LogP contribution in [0.25, 0.3) is 0 Å². The van der Waals surface area contributed by atoms with E-state index in [9.17, 15) is 4.79 Å². The van der Waals surface area contributed by atoms with Crippen LogP contribution in [0.1, 0.15) is 12.8 Å². The van der Waals surface area contributed by atoms with Gasteiger partial charge in [0.05, 0.1) is 30.7 Å². The zero-order valence-corrected chi connectivity index (χ0v) is 17.0. The Hall–Kier alpha value is -0.570. The molecular weight excluding hydrogens is 433 g/mol. The highest BCUT2D eigenvalue weighted by molar-refractivity contribution is 9.10. The van der Waals surface area contributed by atoms with Crippen LogP contribution in [0.4, 0.5) is 11.4 Å². The first-order valence-electron chi connectivity index (χ1n) is 7.96. The fourth-order valence-electron chi connectivity index (χ4n) is 2.97. The normalized spacial score (nSPS) is 22.7. The molecule has 9 heteroatoms. The van der Waals surface area contributed by atoms with E-state index in [1.54, 1.807) is 0 Å². The minimum atomic E-state index is -0.417. The molecule has 0 unspecified atom stereocenters. The average Bonchev–Trinajstić information content (AvgIpc) is 3.05. The number of morpholine rings is 1. The second-order valence-electron chi connectivity index (χ2n) is 5.81. The van der Waals surface area contributed by atoms with Gasteiger partial charge in [0.15, 0.2) is 0 Å². The molecule has 2 aliphatic rings. The van der Waals surface area contributed by atoms with Crippen molar-refractivity contribution in [3.8, 4) is 0 Å². The molecule has 0 aromatic heterocycles. The van der Waals surface area contributed by atoms with Crippen LogP contribution in [0.2, 0.25) is 0 Å². The van der Waals surface area contributed by atoms with Crippen LogP contribution >= 0.6 is 40.7 Å². The lowest BCUT2D eigenvalue weighted by atomic mass is 10.1. The molecule has 0 aliphatic carbocycles. The van der Waals surface area contributed by atoms with Gasteiger partial charge in [0.1, 0.15) is 6.10 Å². The molecule has 3 rings (SSSR count). The fourth-order valence-corrected chi connectivity index (χ4v) is 3.33. The molecule has 142 valence electrons. The van der Waals surface area contributed by atoms with Gasteiger partial charge in [0.25, 0.3) is 5.91 Å². The lowest BCUT2D eigenvalue weighted by molar-refractivity contribution is -0.126. The average molecular weight is 457 g/mol. The maximum atomic E-state index is 12.5. The van der Waals surface area contributed by atoms with E-state index in [-0.39, 0.29) is 36.8 Å². The number of benzene rings is 1. The Morgan fingerprint density at radius 3 is 2.64 bits per heavy atom. The van der Waals surface area contributed by atoms with Crippen molar-refractivity contribution in [2.45, 2.75) is 25.0 Å². The van der Waals surface area contributed by atoms with Crippen molar-refractivity contribution >= 4 is 58.0 Å². The molecular formula is C16H24BrCl2N3O3. The zero-order valence-electron chi connectivity index (χ0n) is 13.8. The summed E-state index contributed by atoms with van der Waals surface area (Å²) < 4.78 is 12.0. The first kappa shape index (κ1) is 22.5. The minimum absolute atomic E-state index is 0. The Balaban J connectivity index is 0.00000156. The molecule has 2 fully saturated rings. The van der Waals surface area contributed by atoms with Crippen LogP contribution in [0, 0.1) is 0 Å². The van der Waals surface area contributed by atoms with Crippen molar-refractivity contribution in [3.63, 3.8) is 0 Å². The maximum absolute atomic E-state index is 12.5. The molecule has 0 spiro atoms. The largest absolute Gasteiger partial charge is 0.378 e. The molecule has 1 aromatic carbocycles. The molecule has 0 bridgehead atoms. The Kier molecular flexibility index (Phi) is 9.48. The number of carbonyl (C=O) groups is 1. The van der Waals surface area contributed by atoms with E-state index >= 15 is 0 Å². The lowest BCUT2D eigenvalue weighted by Gasteiger charge is -2.30. The number of carbonyl (C=O) groups excluding carboxylic acids is 1. The molecule has 6 nitrogen and oxygen atoms in total. The molecule has 2 heterocycles. The highest BCUT2D eigenvalue weighted by atomic mass is 79.9. The number of nitrogens with zero attached hydrogens (tertiary/aromatic N) is 1. The SMILES string of the molecule is Cl.Cl.NC[C@H]1CC[C@@H](C(=O)Nc2cc(Br)ccc2N2CCOCC2)O1. The van der Waals surface area contributed by atoms with Gasteiger partial charge in [-0.1, -0.05) is 15.9 Å².